The summed E-state index contributed by atoms with van der Waals surface area (Å²) >= 11 is 0. The molecule has 102 valence electrons. The highest BCUT2D eigenvalue weighted by Gasteiger charge is 2.32. The summed E-state index contributed by atoms with van der Waals surface area (Å²) in [7, 11) is -3.50. The molecule has 1 aliphatic rings. The molecule has 3 N–H and O–H groups in total. The van der Waals surface area contributed by atoms with E-state index >= 15 is 0 Å². The van der Waals surface area contributed by atoms with Crippen molar-refractivity contribution in [3.63, 3.8) is 0 Å². The predicted octanol–water partition coefficient (Wildman–Crippen LogP) is 1.51. The first kappa shape index (κ1) is 13.6. The number of H-pyrrole nitrogens is 1. The van der Waals surface area contributed by atoms with Crippen molar-refractivity contribution >= 4 is 10.0 Å². The van der Waals surface area contributed by atoms with Crippen LogP contribution >= 0.6 is 0 Å². The molecular weight excluding hydrogens is 252 g/mol. The normalized spacial score (nSPS) is 19.9. The van der Waals surface area contributed by atoms with Gasteiger partial charge in [-0.2, -0.15) is 0 Å². The van der Waals surface area contributed by atoms with Crippen molar-refractivity contribution in [3.05, 3.63) is 18.0 Å². The van der Waals surface area contributed by atoms with Crippen LogP contribution < -0.4 is 4.72 Å². The number of aromatic nitrogens is 1. The van der Waals surface area contributed by atoms with Gasteiger partial charge in [0.1, 0.15) is 0 Å². The van der Waals surface area contributed by atoms with Gasteiger partial charge >= 0.3 is 0 Å². The Morgan fingerprint density at radius 1 is 1.39 bits per heavy atom. The zero-order valence-corrected chi connectivity index (χ0v) is 11.4. The van der Waals surface area contributed by atoms with Crippen LogP contribution in [0.25, 0.3) is 0 Å². The number of rotatable bonds is 4. The fourth-order valence-electron chi connectivity index (χ4n) is 2.48. The zero-order valence-electron chi connectivity index (χ0n) is 10.6. The van der Waals surface area contributed by atoms with Gasteiger partial charge in [-0.1, -0.05) is 19.3 Å². The molecule has 0 saturated heterocycles. The molecular formula is C12H20N2O3S. The van der Waals surface area contributed by atoms with E-state index in [-0.39, 0.29) is 17.0 Å². The van der Waals surface area contributed by atoms with Crippen LogP contribution in [-0.2, 0) is 16.6 Å². The number of hydrogen-bond acceptors (Lipinski definition) is 3. The second kappa shape index (κ2) is 5.03. The van der Waals surface area contributed by atoms with Gasteiger partial charge in [-0.25, -0.2) is 13.1 Å². The second-order valence-corrected chi connectivity index (χ2v) is 6.93. The quantitative estimate of drug-likeness (QED) is 0.777. The summed E-state index contributed by atoms with van der Waals surface area (Å²) in [6.07, 6.45) is 6.48. The average Bonchev–Trinajstić information content (AvgIpc) is 2.77. The molecule has 5 nitrogen and oxygen atoms in total. The lowest BCUT2D eigenvalue weighted by Crippen LogP contribution is -2.46. The number of aliphatic hydroxyl groups is 1. The van der Waals surface area contributed by atoms with Gasteiger partial charge in [0.25, 0.3) is 0 Å². The molecule has 0 bridgehead atoms. The molecule has 0 amide bonds. The molecule has 1 aliphatic carbocycles. The summed E-state index contributed by atoms with van der Waals surface area (Å²) in [6, 6.07) is 1.47. The van der Waals surface area contributed by atoms with E-state index in [0.29, 0.717) is 5.69 Å². The van der Waals surface area contributed by atoms with Crippen LogP contribution in [0.15, 0.2) is 17.2 Å². The summed E-state index contributed by atoms with van der Waals surface area (Å²) in [6.45, 7) is 1.77. The van der Waals surface area contributed by atoms with Crippen LogP contribution in [0.3, 0.4) is 0 Å². The molecule has 6 heteroatoms. The molecule has 18 heavy (non-hydrogen) atoms. The van der Waals surface area contributed by atoms with Crippen molar-refractivity contribution < 1.29 is 13.5 Å². The third-order valence-corrected chi connectivity index (χ3v) is 5.15. The molecule has 0 spiro atoms. The van der Waals surface area contributed by atoms with Crippen LogP contribution in [0, 0.1) is 0 Å². The lowest BCUT2D eigenvalue weighted by molar-refractivity contribution is 0.277. The van der Waals surface area contributed by atoms with Crippen molar-refractivity contribution in [2.45, 2.75) is 56.1 Å². The number of nitrogens with one attached hydrogen (secondary N) is 2. The van der Waals surface area contributed by atoms with Crippen LogP contribution in [0.4, 0.5) is 0 Å². The molecule has 0 atom stereocenters. The maximum atomic E-state index is 12.2. The molecule has 1 aromatic rings. The molecule has 0 aliphatic heterocycles. The first-order valence-electron chi connectivity index (χ1n) is 6.27. The van der Waals surface area contributed by atoms with Crippen LogP contribution in [0.1, 0.15) is 44.7 Å². The van der Waals surface area contributed by atoms with Gasteiger partial charge < -0.3 is 10.1 Å². The molecule has 2 rings (SSSR count). The van der Waals surface area contributed by atoms with Gasteiger partial charge in [-0.15, -0.1) is 0 Å². The fraction of sp³-hybridized carbons (Fsp3) is 0.667. The number of hydrogen-bond donors (Lipinski definition) is 3. The first-order chi connectivity index (χ1) is 8.45. The van der Waals surface area contributed by atoms with Crippen molar-refractivity contribution in [1.82, 2.24) is 9.71 Å². The van der Waals surface area contributed by atoms with Gasteiger partial charge in [0, 0.05) is 17.4 Å². The Kier molecular flexibility index (Phi) is 3.79. The second-order valence-electron chi connectivity index (χ2n) is 5.25. The molecule has 1 aromatic heterocycles. The lowest BCUT2D eigenvalue weighted by Gasteiger charge is -2.33. The van der Waals surface area contributed by atoms with E-state index in [1.165, 1.54) is 18.7 Å². The van der Waals surface area contributed by atoms with E-state index in [9.17, 15) is 8.42 Å². The topological polar surface area (TPSA) is 82.2 Å². The maximum Gasteiger partial charge on any atom is 0.242 e. The van der Waals surface area contributed by atoms with Crippen molar-refractivity contribution in [3.8, 4) is 0 Å². The Bertz CT molecular complexity index is 501. The summed E-state index contributed by atoms with van der Waals surface area (Å²) in [5.74, 6) is 0. The van der Waals surface area contributed by atoms with Gasteiger partial charge in [0.15, 0.2) is 0 Å². The SMILES string of the molecule is CC1(NS(=O)(=O)c2c[nH]c(CO)c2)CCCCC1. The highest BCUT2D eigenvalue weighted by molar-refractivity contribution is 7.89. The van der Waals surface area contributed by atoms with E-state index in [2.05, 4.69) is 9.71 Å². The van der Waals surface area contributed by atoms with Crippen molar-refractivity contribution in [2.24, 2.45) is 0 Å². The minimum absolute atomic E-state index is 0.188. The Morgan fingerprint density at radius 2 is 2.06 bits per heavy atom. The Morgan fingerprint density at radius 3 is 2.61 bits per heavy atom. The van der Waals surface area contributed by atoms with Crippen LogP contribution in [0.5, 0.6) is 0 Å². The summed E-state index contributed by atoms with van der Waals surface area (Å²) in [5.41, 5.74) is 0.164. The van der Waals surface area contributed by atoms with Gasteiger partial charge in [-0.05, 0) is 25.8 Å². The monoisotopic (exact) mass is 272 g/mol. The van der Waals surface area contributed by atoms with Gasteiger partial charge in [0.05, 0.1) is 11.5 Å². The van der Waals surface area contributed by atoms with E-state index in [0.717, 1.165) is 25.7 Å². The molecule has 0 aromatic carbocycles. The van der Waals surface area contributed by atoms with Crippen molar-refractivity contribution in [2.75, 3.05) is 0 Å². The highest BCUT2D eigenvalue weighted by atomic mass is 32.2. The summed E-state index contributed by atoms with van der Waals surface area (Å²) in [5, 5.41) is 8.94. The van der Waals surface area contributed by atoms with E-state index in [1.54, 1.807) is 0 Å². The first-order valence-corrected chi connectivity index (χ1v) is 7.76. The standard InChI is InChI=1S/C12H20N2O3S/c1-12(5-3-2-4-6-12)14-18(16,17)11-7-10(9-15)13-8-11/h7-8,13-15H,2-6,9H2,1H3. The van der Waals surface area contributed by atoms with Crippen LogP contribution in [0.2, 0.25) is 0 Å². The fourth-order valence-corrected chi connectivity index (χ4v) is 3.97. The average molecular weight is 272 g/mol. The van der Waals surface area contributed by atoms with E-state index in [1.807, 2.05) is 6.92 Å². The minimum Gasteiger partial charge on any atom is -0.390 e. The maximum absolute atomic E-state index is 12.2. The Labute approximate surface area is 108 Å². The molecule has 0 unspecified atom stereocenters. The summed E-state index contributed by atoms with van der Waals surface area (Å²) < 4.78 is 27.2. The molecule has 1 heterocycles. The zero-order chi connectivity index (χ0) is 13.2. The number of aliphatic hydroxyl groups excluding tert-OH is 1. The molecule has 0 radical (unpaired) electrons. The smallest absolute Gasteiger partial charge is 0.242 e. The van der Waals surface area contributed by atoms with Crippen LogP contribution in [-0.4, -0.2) is 24.0 Å². The van der Waals surface area contributed by atoms with E-state index < -0.39 is 10.0 Å². The third kappa shape index (κ3) is 2.93. The number of aromatic amines is 1. The molecule has 1 fully saturated rings. The summed E-state index contributed by atoms with van der Waals surface area (Å²) in [4.78, 5) is 2.94. The predicted molar refractivity (Wildman–Crippen MR) is 68.5 cm³/mol. The van der Waals surface area contributed by atoms with Crippen molar-refractivity contribution in [1.29, 1.82) is 0 Å². The van der Waals surface area contributed by atoms with Gasteiger partial charge in [-0.3, -0.25) is 0 Å². The highest BCUT2D eigenvalue weighted by Crippen LogP contribution is 2.29. The van der Waals surface area contributed by atoms with Gasteiger partial charge in [0.2, 0.25) is 10.0 Å². The lowest BCUT2D eigenvalue weighted by atomic mass is 9.84. The number of sulfonamides is 1. The molecule has 1 saturated carbocycles. The van der Waals surface area contributed by atoms with E-state index in [4.69, 9.17) is 5.11 Å². The minimum atomic E-state index is -3.50. The third-order valence-electron chi connectivity index (χ3n) is 3.53. The largest absolute Gasteiger partial charge is 0.390 e. The Balaban J connectivity index is 2.16. The Hall–Kier alpha value is -0.850.